The van der Waals surface area contributed by atoms with E-state index in [1.54, 1.807) is 6.20 Å². The van der Waals surface area contributed by atoms with E-state index in [4.69, 9.17) is 10.00 Å². The van der Waals surface area contributed by atoms with E-state index in [0.717, 1.165) is 12.8 Å². The van der Waals surface area contributed by atoms with Crippen LogP contribution < -0.4 is 5.32 Å². The zero-order valence-corrected chi connectivity index (χ0v) is 6.47. The highest BCUT2D eigenvalue weighted by Crippen LogP contribution is 2.19. The van der Waals surface area contributed by atoms with Crippen molar-refractivity contribution in [3.05, 3.63) is 12.8 Å². The standard InChI is InChI=1S/C8H12N2O/c1-2-10-8(7-9)3-5-11-6-4-8/h2,10H,1,3-6H2. The van der Waals surface area contributed by atoms with Crippen LogP contribution in [0.25, 0.3) is 0 Å². The Labute approximate surface area is 66.7 Å². The molecule has 0 radical (unpaired) electrons. The number of nitriles is 1. The molecule has 0 aromatic heterocycles. The fourth-order valence-electron chi connectivity index (χ4n) is 1.20. The summed E-state index contributed by atoms with van der Waals surface area (Å²) >= 11 is 0. The average molecular weight is 152 g/mol. The van der Waals surface area contributed by atoms with Crippen LogP contribution in [-0.4, -0.2) is 18.8 Å². The maximum Gasteiger partial charge on any atom is 0.129 e. The lowest BCUT2D eigenvalue weighted by Crippen LogP contribution is -2.45. The first-order valence-electron chi connectivity index (χ1n) is 3.70. The van der Waals surface area contributed by atoms with Crippen LogP contribution in [0.15, 0.2) is 12.8 Å². The molecule has 3 nitrogen and oxygen atoms in total. The Morgan fingerprint density at radius 1 is 1.55 bits per heavy atom. The fraction of sp³-hybridized carbons (Fsp3) is 0.625. The quantitative estimate of drug-likeness (QED) is 0.636. The molecule has 60 valence electrons. The molecule has 0 unspecified atom stereocenters. The number of rotatable bonds is 2. The molecule has 0 spiro atoms. The van der Waals surface area contributed by atoms with E-state index < -0.39 is 5.54 Å². The lowest BCUT2D eigenvalue weighted by Gasteiger charge is -2.30. The summed E-state index contributed by atoms with van der Waals surface area (Å²) in [6.45, 7) is 4.87. The van der Waals surface area contributed by atoms with Gasteiger partial charge < -0.3 is 10.1 Å². The average Bonchev–Trinajstić information content (AvgIpc) is 2.07. The van der Waals surface area contributed by atoms with Crippen molar-refractivity contribution in [2.45, 2.75) is 18.4 Å². The van der Waals surface area contributed by atoms with Crippen LogP contribution in [0.5, 0.6) is 0 Å². The van der Waals surface area contributed by atoms with Crippen molar-refractivity contribution >= 4 is 0 Å². The van der Waals surface area contributed by atoms with Gasteiger partial charge in [-0.25, -0.2) is 0 Å². The number of hydrogen-bond donors (Lipinski definition) is 1. The smallest absolute Gasteiger partial charge is 0.129 e. The third-order valence-electron chi connectivity index (χ3n) is 1.94. The Morgan fingerprint density at radius 3 is 2.64 bits per heavy atom. The highest BCUT2D eigenvalue weighted by Gasteiger charge is 2.30. The van der Waals surface area contributed by atoms with E-state index in [-0.39, 0.29) is 0 Å². The van der Waals surface area contributed by atoms with Gasteiger partial charge in [0.15, 0.2) is 0 Å². The molecule has 0 amide bonds. The Kier molecular flexibility index (Phi) is 2.50. The number of hydrogen-bond acceptors (Lipinski definition) is 3. The van der Waals surface area contributed by atoms with Crippen LogP contribution in [0.1, 0.15) is 12.8 Å². The normalized spacial score (nSPS) is 21.7. The van der Waals surface area contributed by atoms with Crippen LogP contribution in [-0.2, 0) is 4.74 Å². The second kappa shape index (κ2) is 3.40. The summed E-state index contributed by atoms with van der Waals surface area (Å²) in [4.78, 5) is 0. The lowest BCUT2D eigenvalue weighted by atomic mass is 9.92. The molecule has 0 atom stereocenters. The minimum atomic E-state index is -0.417. The summed E-state index contributed by atoms with van der Waals surface area (Å²) in [6.07, 6.45) is 3.07. The van der Waals surface area contributed by atoms with Gasteiger partial charge in [0.05, 0.1) is 6.07 Å². The van der Waals surface area contributed by atoms with Crippen LogP contribution in [0.2, 0.25) is 0 Å². The van der Waals surface area contributed by atoms with Crippen molar-refractivity contribution in [2.24, 2.45) is 0 Å². The van der Waals surface area contributed by atoms with Gasteiger partial charge in [0.1, 0.15) is 5.54 Å². The molecule has 1 fully saturated rings. The topological polar surface area (TPSA) is 45.0 Å². The van der Waals surface area contributed by atoms with E-state index in [2.05, 4.69) is 18.0 Å². The molecule has 0 aromatic carbocycles. The Bertz CT molecular complexity index is 177. The van der Waals surface area contributed by atoms with E-state index in [1.807, 2.05) is 0 Å². The molecular formula is C8H12N2O. The highest BCUT2D eigenvalue weighted by molar-refractivity contribution is 5.09. The van der Waals surface area contributed by atoms with Crippen LogP contribution >= 0.6 is 0 Å². The molecule has 11 heavy (non-hydrogen) atoms. The summed E-state index contributed by atoms with van der Waals surface area (Å²) < 4.78 is 5.15. The minimum absolute atomic E-state index is 0.417. The van der Waals surface area contributed by atoms with Gasteiger partial charge in [0.2, 0.25) is 0 Å². The third kappa shape index (κ3) is 1.72. The third-order valence-corrected chi connectivity index (χ3v) is 1.94. The Balaban J connectivity index is 2.58. The molecule has 0 bridgehead atoms. The van der Waals surface area contributed by atoms with Crippen LogP contribution in [0.4, 0.5) is 0 Å². The molecule has 0 saturated carbocycles. The molecule has 0 aliphatic carbocycles. The van der Waals surface area contributed by atoms with Crippen molar-refractivity contribution in [1.29, 1.82) is 5.26 Å². The molecule has 1 aliphatic heterocycles. The highest BCUT2D eigenvalue weighted by atomic mass is 16.5. The van der Waals surface area contributed by atoms with Crippen molar-refractivity contribution in [3.63, 3.8) is 0 Å². The number of nitrogens with one attached hydrogen (secondary N) is 1. The zero-order valence-electron chi connectivity index (χ0n) is 6.47. The van der Waals surface area contributed by atoms with E-state index in [0.29, 0.717) is 13.2 Å². The summed E-state index contributed by atoms with van der Waals surface area (Å²) in [6, 6.07) is 2.26. The van der Waals surface area contributed by atoms with Gasteiger partial charge in [-0.3, -0.25) is 0 Å². The summed E-state index contributed by atoms with van der Waals surface area (Å²) in [5, 5.41) is 11.8. The zero-order chi connectivity index (χ0) is 8.16. The maximum absolute atomic E-state index is 8.86. The molecule has 1 saturated heterocycles. The van der Waals surface area contributed by atoms with Crippen molar-refractivity contribution < 1.29 is 4.74 Å². The lowest BCUT2D eigenvalue weighted by molar-refractivity contribution is 0.0624. The van der Waals surface area contributed by atoms with Gasteiger partial charge in [-0.2, -0.15) is 5.26 Å². The predicted octanol–water partition coefficient (Wildman–Crippen LogP) is 0.792. The van der Waals surface area contributed by atoms with Gasteiger partial charge in [-0.05, 0) is 6.20 Å². The molecule has 1 heterocycles. The van der Waals surface area contributed by atoms with E-state index in [9.17, 15) is 0 Å². The minimum Gasteiger partial charge on any atom is -0.381 e. The first kappa shape index (κ1) is 8.09. The molecular weight excluding hydrogens is 140 g/mol. The van der Waals surface area contributed by atoms with Crippen molar-refractivity contribution in [3.8, 4) is 6.07 Å². The fourth-order valence-corrected chi connectivity index (χ4v) is 1.20. The molecule has 1 N–H and O–H groups in total. The molecule has 0 aromatic rings. The van der Waals surface area contributed by atoms with Gasteiger partial charge in [-0.15, -0.1) is 0 Å². The number of nitrogens with zero attached hydrogens (tertiary/aromatic N) is 1. The Hall–Kier alpha value is -1.01. The SMILES string of the molecule is C=CNC1(C#N)CCOCC1. The maximum atomic E-state index is 8.86. The van der Waals surface area contributed by atoms with Crippen molar-refractivity contribution in [2.75, 3.05) is 13.2 Å². The summed E-state index contributed by atoms with van der Waals surface area (Å²) in [5.41, 5.74) is -0.417. The summed E-state index contributed by atoms with van der Waals surface area (Å²) in [7, 11) is 0. The second-order valence-corrected chi connectivity index (χ2v) is 2.65. The van der Waals surface area contributed by atoms with Gasteiger partial charge in [0.25, 0.3) is 0 Å². The second-order valence-electron chi connectivity index (χ2n) is 2.65. The largest absolute Gasteiger partial charge is 0.381 e. The van der Waals surface area contributed by atoms with Gasteiger partial charge in [-0.1, -0.05) is 6.58 Å². The number of ether oxygens (including phenoxy) is 1. The Morgan fingerprint density at radius 2 is 2.18 bits per heavy atom. The summed E-state index contributed by atoms with van der Waals surface area (Å²) in [5.74, 6) is 0. The van der Waals surface area contributed by atoms with Crippen LogP contribution in [0, 0.1) is 11.3 Å². The predicted molar refractivity (Wildman–Crippen MR) is 41.7 cm³/mol. The van der Waals surface area contributed by atoms with Crippen LogP contribution in [0.3, 0.4) is 0 Å². The van der Waals surface area contributed by atoms with E-state index >= 15 is 0 Å². The van der Waals surface area contributed by atoms with E-state index in [1.165, 1.54) is 0 Å². The molecule has 1 aliphatic rings. The van der Waals surface area contributed by atoms with Crippen molar-refractivity contribution in [1.82, 2.24) is 5.32 Å². The first-order valence-corrected chi connectivity index (χ1v) is 3.70. The van der Waals surface area contributed by atoms with Gasteiger partial charge in [0, 0.05) is 26.1 Å². The first-order chi connectivity index (χ1) is 5.33. The molecule has 3 heteroatoms. The monoisotopic (exact) mass is 152 g/mol. The molecule has 1 rings (SSSR count). The van der Waals surface area contributed by atoms with Gasteiger partial charge >= 0.3 is 0 Å².